The van der Waals surface area contributed by atoms with E-state index in [0.29, 0.717) is 0 Å². The molecule has 1 aliphatic rings. The molecule has 0 aromatic carbocycles. The molecule has 2 rings (SSSR count). The van der Waals surface area contributed by atoms with E-state index in [-0.39, 0.29) is 13.2 Å². The highest BCUT2D eigenvalue weighted by atomic mass is 19.2. The normalized spacial score (nSPS) is 24.9. The molecule has 8 heteroatoms. The topological polar surface area (TPSA) is 82.7 Å². The minimum Gasteiger partial charge on any atom is -0.391 e. The molecule has 0 unspecified atom stereocenters. The Balaban J connectivity index is 2.33. The molecule has 1 saturated heterocycles. The van der Waals surface area contributed by atoms with E-state index in [1.54, 1.807) is 0 Å². The number of halogens is 1. The van der Waals surface area contributed by atoms with Crippen molar-refractivity contribution in [2.75, 3.05) is 13.2 Å². The van der Waals surface area contributed by atoms with Crippen LogP contribution in [0.15, 0.2) is 21.9 Å². The van der Waals surface area contributed by atoms with Crippen molar-refractivity contribution in [3.05, 3.63) is 33.1 Å². The fourth-order valence-electron chi connectivity index (χ4n) is 1.37. The smallest absolute Gasteiger partial charge is 0.362 e. The lowest BCUT2D eigenvalue weighted by molar-refractivity contribution is -0.0997. The number of aliphatic hydroxyl groups is 1. The van der Waals surface area contributed by atoms with Gasteiger partial charge in [0.25, 0.3) is 5.56 Å². The zero-order valence-corrected chi connectivity index (χ0v) is 8.08. The average molecular weight is 232 g/mol. The molecule has 0 amide bonds. The third kappa shape index (κ3) is 1.77. The molecule has 88 valence electrons. The molecule has 0 saturated carbocycles. The Labute approximate surface area is 88.2 Å². The van der Waals surface area contributed by atoms with Crippen molar-refractivity contribution in [2.45, 2.75) is 12.5 Å². The molecule has 0 spiro atoms. The quantitative estimate of drug-likeness (QED) is 0.678. The van der Waals surface area contributed by atoms with Crippen LogP contribution in [0.2, 0.25) is 0 Å². The summed E-state index contributed by atoms with van der Waals surface area (Å²) in [6, 6.07) is 0.900. The summed E-state index contributed by atoms with van der Waals surface area (Å²) in [7, 11) is 0. The number of rotatable bonds is 2. The lowest BCUT2D eigenvalue weighted by Gasteiger charge is -2.11. The van der Waals surface area contributed by atoms with Gasteiger partial charge in [-0.15, -0.1) is 0 Å². The minimum atomic E-state index is -1.14. The number of hydrogen-bond donors (Lipinski definition) is 1. The lowest BCUT2D eigenvalue weighted by Crippen LogP contribution is -2.37. The van der Waals surface area contributed by atoms with Crippen LogP contribution in [0, 0.1) is 0 Å². The Hall–Kier alpha value is -1.51. The van der Waals surface area contributed by atoms with Gasteiger partial charge >= 0.3 is 5.69 Å². The largest absolute Gasteiger partial charge is 0.391 e. The second kappa shape index (κ2) is 4.16. The summed E-state index contributed by atoms with van der Waals surface area (Å²) in [6.07, 6.45) is -0.557. The Morgan fingerprint density at radius 1 is 1.56 bits per heavy atom. The van der Waals surface area contributed by atoms with Crippen LogP contribution >= 0.6 is 0 Å². The molecule has 2 atom stereocenters. The van der Waals surface area contributed by atoms with Gasteiger partial charge in [-0.25, -0.2) is 4.79 Å². The molecule has 1 fully saturated rings. The monoisotopic (exact) mass is 232 g/mol. The Morgan fingerprint density at radius 3 is 2.94 bits per heavy atom. The van der Waals surface area contributed by atoms with Gasteiger partial charge in [0.2, 0.25) is 0 Å². The van der Waals surface area contributed by atoms with Crippen molar-refractivity contribution in [3.63, 3.8) is 0 Å². The third-order valence-electron chi connectivity index (χ3n) is 2.15. The number of aromatic nitrogens is 2. The minimum absolute atomic E-state index is 0.00331. The van der Waals surface area contributed by atoms with E-state index in [2.05, 4.69) is 0 Å². The van der Waals surface area contributed by atoms with E-state index >= 15 is 0 Å². The molecule has 1 aromatic heterocycles. The molecule has 16 heavy (non-hydrogen) atoms. The maximum atomic E-state index is 12.9. The lowest BCUT2D eigenvalue weighted by atomic mass is 10.5. The Bertz CT molecular complexity index is 496. The molecule has 0 radical (unpaired) electrons. The second-order valence-corrected chi connectivity index (χ2v) is 3.16. The maximum absolute atomic E-state index is 12.9. The van der Waals surface area contributed by atoms with Crippen LogP contribution in [-0.4, -0.2) is 34.0 Å². The highest BCUT2D eigenvalue weighted by Crippen LogP contribution is 2.18. The summed E-state index contributed by atoms with van der Waals surface area (Å²) in [5, 5.41) is 8.73. The highest BCUT2D eigenvalue weighted by molar-refractivity contribution is 4.86. The van der Waals surface area contributed by atoms with Crippen molar-refractivity contribution in [1.82, 2.24) is 9.36 Å². The van der Waals surface area contributed by atoms with Crippen LogP contribution in [0.1, 0.15) is 6.23 Å². The first-order valence-electron chi connectivity index (χ1n) is 4.52. The van der Waals surface area contributed by atoms with Crippen LogP contribution in [0.25, 0.3) is 0 Å². The van der Waals surface area contributed by atoms with Crippen LogP contribution in [0.5, 0.6) is 0 Å². The third-order valence-corrected chi connectivity index (χ3v) is 2.15. The van der Waals surface area contributed by atoms with Crippen LogP contribution in [0.3, 0.4) is 0 Å². The first-order chi connectivity index (χ1) is 7.63. The maximum Gasteiger partial charge on any atom is 0.362 e. The Morgan fingerprint density at radius 2 is 2.31 bits per heavy atom. The van der Waals surface area contributed by atoms with Gasteiger partial charge in [0.1, 0.15) is 0 Å². The van der Waals surface area contributed by atoms with Gasteiger partial charge in [0.15, 0.2) is 12.5 Å². The number of ether oxygens (including phenoxy) is 2. The van der Waals surface area contributed by atoms with Gasteiger partial charge in [-0.1, -0.05) is 9.27 Å². The van der Waals surface area contributed by atoms with Gasteiger partial charge < -0.3 is 14.6 Å². The summed E-state index contributed by atoms with van der Waals surface area (Å²) >= 11 is 0. The van der Waals surface area contributed by atoms with Crippen LogP contribution in [-0.2, 0) is 9.47 Å². The van der Waals surface area contributed by atoms with Gasteiger partial charge in [0.05, 0.1) is 13.2 Å². The SMILES string of the molecule is O=c1ccn([C@@H]2CO[C@H](CO)O2)c(=O)n1F. The summed E-state index contributed by atoms with van der Waals surface area (Å²) < 4.78 is 23.9. The van der Waals surface area contributed by atoms with E-state index in [9.17, 15) is 14.1 Å². The van der Waals surface area contributed by atoms with Gasteiger partial charge in [0, 0.05) is 12.3 Å². The van der Waals surface area contributed by atoms with Crippen molar-refractivity contribution in [3.8, 4) is 0 Å². The molecule has 7 nitrogen and oxygen atoms in total. The molecule has 1 aromatic rings. The predicted octanol–water partition coefficient (Wildman–Crippen LogP) is -1.39. The highest BCUT2D eigenvalue weighted by Gasteiger charge is 2.27. The fraction of sp³-hybridized carbons (Fsp3) is 0.500. The van der Waals surface area contributed by atoms with E-state index in [0.717, 1.165) is 16.8 Å². The fourth-order valence-corrected chi connectivity index (χ4v) is 1.37. The first-order valence-corrected chi connectivity index (χ1v) is 4.52. The summed E-state index contributed by atoms with van der Waals surface area (Å²) in [5.74, 6) is 0. The van der Waals surface area contributed by atoms with E-state index in [1.807, 2.05) is 0 Å². The number of nitrogens with zero attached hydrogens (tertiary/aromatic N) is 2. The summed E-state index contributed by atoms with van der Waals surface area (Å²) in [4.78, 5) is 21.6. The average Bonchev–Trinajstić information content (AvgIpc) is 2.74. The molecule has 0 bridgehead atoms. The molecule has 1 aliphatic heterocycles. The summed E-state index contributed by atoms with van der Waals surface area (Å²) in [6.45, 7) is -0.357. The van der Waals surface area contributed by atoms with E-state index in [4.69, 9.17) is 14.6 Å². The standard InChI is InChI=1S/C8H9FN2O5/c9-11-5(13)1-2-10(8(11)14)6-4-15-7(3-12)16-6/h1-2,6-7,12H,3-4H2/t6-,7-/m0/s1. The van der Waals surface area contributed by atoms with Crippen molar-refractivity contribution in [2.24, 2.45) is 0 Å². The predicted molar refractivity (Wildman–Crippen MR) is 48.4 cm³/mol. The van der Waals surface area contributed by atoms with Gasteiger partial charge in [-0.2, -0.15) is 0 Å². The van der Waals surface area contributed by atoms with E-state index in [1.165, 1.54) is 0 Å². The van der Waals surface area contributed by atoms with E-state index < -0.39 is 28.6 Å². The Kier molecular flexibility index (Phi) is 2.86. The molecule has 0 aliphatic carbocycles. The van der Waals surface area contributed by atoms with Crippen LogP contribution < -0.4 is 11.2 Å². The summed E-state index contributed by atoms with van der Waals surface area (Å²) in [5.41, 5.74) is -2.18. The van der Waals surface area contributed by atoms with Gasteiger partial charge in [-0.05, 0) is 0 Å². The molecular formula is C8H9FN2O5. The number of hydrogen-bond acceptors (Lipinski definition) is 5. The van der Waals surface area contributed by atoms with Crippen LogP contribution in [0.4, 0.5) is 4.48 Å². The second-order valence-electron chi connectivity index (χ2n) is 3.16. The number of aliphatic hydroxyl groups excluding tert-OH is 1. The zero-order chi connectivity index (χ0) is 11.7. The molecule has 1 N–H and O–H groups in total. The van der Waals surface area contributed by atoms with Crippen molar-refractivity contribution in [1.29, 1.82) is 0 Å². The molecule has 2 heterocycles. The van der Waals surface area contributed by atoms with Crippen molar-refractivity contribution >= 4 is 0 Å². The zero-order valence-electron chi connectivity index (χ0n) is 8.08. The van der Waals surface area contributed by atoms with Crippen molar-refractivity contribution < 1.29 is 19.1 Å². The van der Waals surface area contributed by atoms with Gasteiger partial charge in [-0.3, -0.25) is 9.36 Å². The first kappa shape index (κ1) is 11.0. The molecular weight excluding hydrogens is 223 g/mol.